The maximum absolute atomic E-state index is 14.2. The highest BCUT2D eigenvalue weighted by molar-refractivity contribution is 5.88. The Kier molecular flexibility index (Phi) is 3.42. The Morgan fingerprint density at radius 2 is 2.06 bits per heavy atom. The van der Waals surface area contributed by atoms with Crippen LogP contribution in [0.15, 0.2) is 35.9 Å². The summed E-state index contributed by atoms with van der Waals surface area (Å²) in [6, 6.07) is 8.63. The quantitative estimate of drug-likeness (QED) is 0.609. The van der Waals surface area contributed by atoms with E-state index in [-0.39, 0.29) is 5.82 Å². The van der Waals surface area contributed by atoms with Crippen molar-refractivity contribution < 1.29 is 13.9 Å². The molecule has 0 aliphatic heterocycles. The zero-order valence-electron chi connectivity index (χ0n) is 10.2. The molecule has 0 aromatic heterocycles. The van der Waals surface area contributed by atoms with E-state index in [1.165, 1.54) is 6.08 Å². The number of carbonyl (C=O) groups is 1. The van der Waals surface area contributed by atoms with Gasteiger partial charge in [0.15, 0.2) is 0 Å². The summed E-state index contributed by atoms with van der Waals surface area (Å²) < 4.78 is 19.3. The fourth-order valence-electron chi connectivity index (χ4n) is 1.80. The molecule has 0 atom stereocenters. The van der Waals surface area contributed by atoms with Crippen LogP contribution in [0.1, 0.15) is 12.5 Å². The molecule has 0 saturated carbocycles. The molecule has 0 saturated heterocycles. The van der Waals surface area contributed by atoms with E-state index in [1.807, 2.05) is 6.07 Å². The fraction of sp³-hybridized carbons (Fsp3) is 0.133. The van der Waals surface area contributed by atoms with Crippen molar-refractivity contribution in [1.82, 2.24) is 0 Å². The molecule has 0 fully saturated rings. The number of ether oxygens (including phenoxy) is 1. The summed E-state index contributed by atoms with van der Waals surface area (Å²) in [7, 11) is 1.57. The average molecular weight is 244 g/mol. The maximum Gasteiger partial charge on any atom is 0.145 e. The first kappa shape index (κ1) is 12.3. The van der Waals surface area contributed by atoms with Crippen LogP contribution in [0, 0.1) is 5.82 Å². The van der Waals surface area contributed by atoms with Gasteiger partial charge >= 0.3 is 0 Å². The Morgan fingerprint density at radius 3 is 2.72 bits per heavy atom. The number of hydrogen-bond acceptors (Lipinski definition) is 2. The highest BCUT2D eigenvalue weighted by Crippen LogP contribution is 2.26. The zero-order chi connectivity index (χ0) is 13.1. The number of allylic oxidation sites excluding steroid dienone is 1. The summed E-state index contributed by atoms with van der Waals surface area (Å²) >= 11 is 0. The molecule has 3 heteroatoms. The minimum atomic E-state index is -0.323. The van der Waals surface area contributed by atoms with Crippen molar-refractivity contribution in [2.75, 3.05) is 7.11 Å². The molecular weight excluding hydrogens is 231 g/mol. The molecule has 2 aromatic rings. The van der Waals surface area contributed by atoms with Crippen molar-refractivity contribution in [3.05, 3.63) is 47.3 Å². The summed E-state index contributed by atoms with van der Waals surface area (Å²) in [5.41, 5.74) is 0.902. The van der Waals surface area contributed by atoms with Gasteiger partial charge in [0.2, 0.25) is 0 Å². The highest BCUT2D eigenvalue weighted by Gasteiger charge is 2.06. The number of rotatable bonds is 3. The van der Waals surface area contributed by atoms with Crippen LogP contribution in [0.4, 0.5) is 4.39 Å². The van der Waals surface area contributed by atoms with Gasteiger partial charge in [0.1, 0.15) is 17.9 Å². The summed E-state index contributed by atoms with van der Waals surface area (Å²) in [6.07, 6.45) is 2.24. The van der Waals surface area contributed by atoms with Crippen LogP contribution in [0.2, 0.25) is 0 Å². The Morgan fingerprint density at radius 1 is 1.28 bits per heavy atom. The minimum absolute atomic E-state index is 0.323. The number of hydrogen-bond donors (Lipinski definition) is 0. The van der Waals surface area contributed by atoms with Gasteiger partial charge in [0, 0.05) is 10.9 Å². The van der Waals surface area contributed by atoms with E-state index in [9.17, 15) is 9.18 Å². The molecular formula is C15H13FO2. The average Bonchev–Trinajstić information content (AvgIpc) is 2.41. The third-order valence-corrected chi connectivity index (χ3v) is 2.76. The van der Waals surface area contributed by atoms with E-state index in [0.29, 0.717) is 28.6 Å². The lowest BCUT2D eigenvalue weighted by molar-refractivity contribution is -0.104. The van der Waals surface area contributed by atoms with Crippen molar-refractivity contribution in [3.8, 4) is 5.75 Å². The third kappa shape index (κ3) is 2.25. The van der Waals surface area contributed by atoms with Gasteiger partial charge in [-0.2, -0.15) is 0 Å². The fourth-order valence-corrected chi connectivity index (χ4v) is 1.80. The van der Waals surface area contributed by atoms with Gasteiger partial charge in [-0.15, -0.1) is 0 Å². The smallest absolute Gasteiger partial charge is 0.145 e. The van der Waals surface area contributed by atoms with Gasteiger partial charge in [-0.3, -0.25) is 4.79 Å². The van der Waals surface area contributed by atoms with Gasteiger partial charge in [-0.05, 0) is 42.2 Å². The predicted octanol–water partition coefficient (Wildman–Crippen LogP) is 3.59. The van der Waals surface area contributed by atoms with Crippen molar-refractivity contribution in [3.63, 3.8) is 0 Å². The number of benzene rings is 2. The van der Waals surface area contributed by atoms with E-state index in [4.69, 9.17) is 4.74 Å². The Bertz CT molecular complexity index is 630. The number of halogens is 1. The van der Waals surface area contributed by atoms with E-state index in [1.54, 1.807) is 38.3 Å². The summed E-state index contributed by atoms with van der Waals surface area (Å²) in [5, 5.41) is 1.29. The Labute approximate surface area is 105 Å². The summed E-state index contributed by atoms with van der Waals surface area (Å²) in [6.45, 7) is 1.64. The molecule has 0 unspecified atom stereocenters. The molecule has 0 amide bonds. The molecule has 0 radical (unpaired) electrons. The lowest BCUT2D eigenvalue weighted by atomic mass is 10.0. The highest BCUT2D eigenvalue weighted by atomic mass is 19.1. The molecule has 2 aromatic carbocycles. The van der Waals surface area contributed by atoms with Crippen molar-refractivity contribution >= 4 is 23.1 Å². The zero-order valence-corrected chi connectivity index (χ0v) is 10.2. The van der Waals surface area contributed by atoms with Crippen LogP contribution in [-0.2, 0) is 4.79 Å². The number of aldehydes is 1. The van der Waals surface area contributed by atoms with Crippen LogP contribution in [0.5, 0.6) is 5.75 Å². The van der Waals surface area contributed by atoms with Gasteiger partial charge in [0.25, 0.3) is 0 Å². The first-order valence-corrected chi connectivity index (χ1v) is 5.55. The Balaban J connectivity index is 2.61. The van der Waals surface area contributed by atoms with Gasteiger partial charge in [-0.25, -0.2) is 4.39 Å². The van der Waals surface area contributed by atoms with E-state index in [0.717, 1.165) is 5.39 Å². The molecule has 2 nitrogen and oxygen atoms in total. The van der Waals surface area contributed by atoms with Crippen LogP contribution in [0.3, 0.4) is 0 Å². The van der Waals surface area contributed by atoms with Gasteiger partial charge in [-0.1, -0.05) is 12.1 Å². The SMILES string of the molecule is COc1ccc2c(F)c(/C=C(\C)C=O)ccc2c1. The van der Waals surface area contributed by atoms with Crippen molar-refractivity contribution in [1.29, 1.82) is 0 Å². The second-order valence-electron chi connectivity index (χ2n) is 4.06. The van der Waals surface area contributed by atoms with E-state index < -0.39 is 0 Å². The second kappa shape index (κ2) is 5.00. The molecule has 0 heterocycles. The van der Waals surface area contributed by atoms with Gasteiger partial charge in [0.05, 0.1) is 7.11 Å². The summed E-state index contributed by atoms with van der Waals surface area (Å²) in [5.74, 6) is 0.366. The van der Waals surface area contributed by atoms with Crippen molar-refractivity contribution in [2.45, 2.75) is 6.92 Å². The number of methoxy groups -OCH3 is 1. The largest absolute Gasteiger partial charge is 0.497 e. The van der Waals surface area contributed by atoms with Crippen LogP contribution < -0.4 is 4.74 Å². The summed E-state index contributed by atoms with van der Waals surface area (Å²) in [4.78, 5) is 10.6. The van der Waals surface area contributed by atoms with Gasteiger partial charge < -0.3 is 4.74 Å². The van der Waals surface area contributed by atoms with Crippen LogP contribution in [0.25, 0.3) is 16.8 Å². The van der Waals surface area contributed by atoms with Crippen LogP contribution in [-0.4, -0.2) is 13.4 Å². The molecule has 0 aliphatic rings. The topological polar surface area (TPSA) is 26.3 Å². The number of fused-ring (bicyclic) bond motifs is 1. The van der Waals surface area contributed by atoms with Crippen molar-refractivity contribution in [2.24, 2.45) is 0 Å². The molecule has 18 heavy (non-hydrogen) atoms. The van der Waals surface area contributed by atoms with E-state index in [2.05, 4.69) is 0 Å². The number of carbonyl (C=O) groups excluding carboxylic acids is 1. The monoisotopic (exact) mass is 244 g/mol. The second-order valence-corrected chi connectivity index (χ2v) is 4.06. The van der Waals surface area contributed by atoms with Crippen LogP contribution >= 0.6 is 0 Å². The lowest BCUT2D eigenvalue weighted by Gasteiger charge is -2.06. The lowest BCUT2D eigenvalue weighted by Crippen LogP contribution is -1.88. The van der Waals surface area contributed by atoms with E-state index >= 15 is 0 Å². The molecule has 2 rings (SSSR count). The molecule has 0 N–H and O–H groups in total. The Hall–Kier alpha value is -2.16. The molecule has 0 bridgehead atoms. The minimum Gasteiger partial charge on any atom is -0.497 e. The predicted molar refractivity (Wildman–Crippen MR) is 70.2 cm³/mol. The standard InChI is InChI=1S/C15H13FO2/c1-10(9-17)7-12-4-3-11-8-13(18-2)5-6-14(11)15(12)16/h3-9H,1-2H3/b10-7+. The maximum atomic E-state index is 14.2. The first-order chi connectivity index (χ1) is 8.65. The first-order valence-electron chi connectivity index (χ1n) is 5.55. The third-order valence-electron chi connectivity index (χ3n) is 2.76. The molecule has 0 spiro atoms. The normalized spacial score (nSPS) is 11.6. The molecule has 92 valence electrons. The molecule has 0 aliphatic carbocycles.